The van der Waals surface area contributed by atoms with Gasteiger partial charge in [-0.15, -0.1) is 0 Å². The van der Waals surface area contributed by atoms with E-state index < -0.39 is 27.9 Å². The van der Waals surface area contributed by atoms with Crippen LogP contribution in [-0.2, 0) is 21.2 Å². The molecule has 0 spiro atoms. The summed E-state index contributed by atoms with van der Waals surface area (Å²) in [4.78, 5) is 24.5. The van der Waals surface area contributed by atoms with Crippen molar-refractivity contribution in [2.75, 3.05) is 19.8 Å². The van der Waals surface area contributed by atoms with Crippen LogP contribution in [0.1, 0.15) is 22.8 Å². The first kappa shape index (κ1) is 22.5. The summed E-state index contributed by atoms with van der Waals surface area (Å²) >= 11 is 0. The van der Waals surface area contributed by atoms with Gasteiger partial charge in [-0.25, -0.2) is 18.2 Å². The number of hydroxylamine groups is 2. The van der Waals surface area contributed by atoms with Crippen molar-refractivity contribution < 1.29 is 23.2 Å². The van der Waals surface area contributed by atoms with Crippen LogP contribution in [0.25, 0.3) is 11.1 Å². The van der Waals surface area contributed by atoms with Crippen molar-refractivity contribution in [3.05, 3.63) is 59.7 Å². The first-order valence-corrected chi connectivity index (χ1v) is 10.9. The molecule has 9 heteroatoms. The van der Waals surface area contributed by atoms with Gasteiger partial charge in [0.25, 0.3) is 11.8 Å². The quantitative estimate of drug-likeness (QED) is 0.442. The number of aryl methyl sites for hydroxylation is 1. The molecule has 156 valence electrons. The van der Waals surface area contributed by atoms with Gasteiger partial charge in [-0.1, -0.05) is 43.3 Å². The zero-order chi connectivity index (χ0) is 21.6. The topological polar surface area (TPSA) is 116 Å². The minimum atomic E-state index is -3.57. The molecule has 0 aromatic heterocycles. The summed E-state index contributed by atoms with van der Waals surface area (Å²) in [5.41, 5.74) is 3.49. The molecule has 2 aromatic rings. The van der Waals surface area contributed by atoms with Crippen molar-refractivity contribution in [2.24, 2.45) is 0 Å². The molecule has 0 saturated carbocycles. The third-order valence-electron chi connectivity index (χ3n) is 4.31. The van der Waals surface area contributed by atoms with Crippen molar-refractivity contribution in [1.29, 1.82) is 0 Å². The number of nitrogens with zero attached hydrogens (tertiary/aromatic N) is 1. The summed E-state index contributed by atoms with van der Waals surface area (Å²) in [7, 11) is -2.48. The molecule has 0 bridgehead atoms. The molecule has 0 radical (unpaired) electrons. The lowest BCUT2D eigenvalue weighted by Gasteiger charge is -2.20. The Morgan fingerprint density at radius 2 is 1.55 bits per heavy atom. The molecule has 0 aliphatic heterocycles. The number of nitrogens with one attached hydrogen (secondary N) is 2. The third-order valence-corrected chi connectivity index (χ3v) is 5.01. The molecule has 2 aromatic carbocycles. The Kier molecular flexibility index (Phi) is 7.49. The van der Waals surface area contributed by atoms with E-state index in [0.717, 1.165) is 30.9 Å². The SMILES string of the molecule is CCc1ccc(-c2ccc(C(=O)NC(CNS(C)(=O)=O)C(=O)N(C)O)cc2)cc1. The maximum Gasteiger partial charge on any atom is 0.269 e. The van der Waals surface area contributed by atoms with Crippen LogP contribution in [-0.4, -0.2) is 56.4 Å². The molecule has 1 atom stereocenters. The minimum absolute atomic E-state index is 0.302. The van der Waals surface area contributed by atoms with Gasteiger partial charge in [0.2, 0.25) is 10.0 Å². The summed E-state index contributed by atoms with van der Waals surface area (Å²) in [5.74, 6) is -1.41. The van der Waals surface area contributed by atoms with Crippen LogP contribution in [0.15, 0.2) is 48.5 Å². The van der Waals surface area contributed by atoms with E-state index in [1.807, 2.05) is 24.3 Å². The molecular formula is C20H25N3O5S. The normalized spacial score (nSPS) is 12.3. The lowest BCUT2D eigenvalue weighted by molar-refractivity contribution is -0.161. The van der Waals surface area contributed by atoms with Crippen molar-refractivity contribution in [3.8, 4) is 11.1 Å². The number of carbonyl (C=O) groups is 2. The van der Waals surface area contributed by atoms with E-state index >= 15 is 0 Å². The first-order valence-electron chi connectivity index (χ1n) is 9.02. The number of likely N-dealkylation sites (N-methyl/N-ethyl adjacent to an activating group) is 1. The lowest BCUT2D eigenvalue weighted by Crippen LogP contribution is -2.52. The Balaban J connectivity index is 2.13. The molecule has 8 nitrogen and oxygen atoms in total. The van der Waals surface area contributed by atoms with Crippen LogP contribution >= 0.6 is 0 Å². The number of carbonyl (C=O) groups excluding carboxylic acids is 2. The maximum absolute atomic E-state index is 12.5. The minimum Gasteiger partial charge on any atom is -0.339 e. The molecular weight excluding hydrogens is 394 g/mol. The lowest BCUT2D eigenvalue weighted by atomic mass is 10.0. The van der Waals surface area contributed by atoms with Crippen LogP contribution in [0.3, 0.4) is 0 Å². The Morgan fingerprint density at radius 3 is 2.00 bits per heavy atom. The Morgan fingerprint density at radius 1 is 1.03 bits per heavy atom. The zero-order valence-corrected chi connectivity index (χ0v) is 17.4. The van der Waals surface area contributed by atoms with E-state index in [1.165, 1.54) is 5.56 Å². The molecule has 0 aliphatic rings. The summed E-state index contributed by atoms with van der Waals surface area (Å²) < 4.78 is 24.7. The third kappa shape index (κ3) is 6.67. The zero-order valence-electron chi connectivity index (χ0n) is 16.5. The highest BCUT2D eigenvalue weighted by atomic mass is 32.2. The van der Waals surface area contributed by atoms with Crippen LogP contribution in [0.5, 0.6) is 0 Å². The fourth-order valence-electron chi connectivity index (χ4n) is 2.65. The summed E-state index contributed by atoms with van der Waals surface area (Å²) in [6.45, 7) is 1.70. The number of hydrogen-bond donors (Lipinski definition) is 3. The van der Waals surface area contributed by atoms with Gasteiger partial charge in [0.15, 0.2) is 0 Å². The fraction of sp³-hybridized carbons (Fsp3) is 0.300. The van der Waals surface area contributed by atoms with Crippen LogP contribution in [0.2, 0.25) is 0 Å². The molecule has 0 fully saturated rings. The van der Waals surface area contributed by atoms with Gasteiger partial charge in [-0.3, -0.25) is 14.8 Å². The van der Waals surface area contributed by atoms with Crippen LogP contribution in [0, 0.1) is 0 Å². The van der Waals surface area contributed by atoms with E-state index in [0.29, 0.717) is 10.6 Å². The average molecular weight is 420 g/mol. The number of hydrogen-bond acceptors (Lipinski definition) is 5. The fourth-order valence-corrected chi connectivity index (χ4v) is 3.12. The van der Waals surface area contributed by atoms with Crippen LogP contribution in [0.4, 0.5) is 0 Å². The molecule has 0 aliphatic carbocycles. The van der Waals surface area contributed by atoms with Gasteiger partial charge in [-0.05, 0) is 35.2 Å². The highest BCUT2D eigenvalue weighted by Gasteiger charge is 2.25. The second-order valence-electron chi connectivity index (χ2n) is 6.64. The van der Waals surface area contributed by atoms with Gasteiger partial charge < -0.3 is 5.32 Å². The van der Waals surface area contributed by atoms with Crippen molar-refractivity contribution in [3.63, 3.8) is 0 Å². The van der Waals surface area contributed by atoms with Gasteiger partial charge in [-0.2, -0.15) is 0 Å². The van der Waals surface area contributed by atoms with Crippen LogP contribution < -0.4 is 10.0 Å². The Bertz CT molecular complexity index is 955. The summed E-state index contributed by atoms with van der Waals surface area (Å²) in [5, 5.41) is 12.1. The van der Waals surface area contributed by atoms with E-state index in [1.54, 1.807) is 24.3 Å². The second-order valence-corrected chi connectivity index (χ2v) is 8.47. The first-order chi connectivity index (χ1) is 13.6. The van der Waals surface area contributed by atoms with Crippen molar-refractivity contribution in [2.45, 2.75) is 19.4 Å². The number of sulfonamides is 1. The summed E-state index contributed by atoms with van der Waals surface area (Å²) in [6, 6.07) is 13.7. The van der Waals surface area contributed by atoms with Gasteiger partial charge in [0, 0.05) is 19.2 Å². The smallest absolute Gasteiger partial charge is 0.269 e. The van der Waals surface area contributed by atoms with Gasteiger partial charge in [0.1, 0.15) is 6.04 Å². The van der Waals surface area contributed by atoms with E-state index in [9.17, 15) is 23.2 Å². The standard InChI is InChI=1S/C20H25N3O5S/c1-4-14-5-7-15(8-6-14)16-9-11-17(12-10-16)19(24)22-18(20(25)23(2)26)13-21-29(3,27)28/h5-12,18,21,26H,4,13H2,1-3H3,(H,22,24). The monoisotopic (exact) mass is 419 g/mol. The second kappa shape index (κ2) is 9.64. The molecule has 0 saturated heterocycles. The molecule has 29 heavy (non-hydrogen) atoms. The number of amides is 2. The van der Waals surface area contributed by atoms with Gasteiger partial charge in [0.05, 0.1) is 6.26 Å². The molecule has 1 unspecified atom stereocenters. The van der Waals surface area contributed by atoms with E-state index in [-0.39, 0.29) is 6.54 Å². The Hall–Kier alpha value is -2.75. The Labute approximate surface area is 170 Å². The average Bonchev–Trinajstić information content (AvgIpc) is 2.69. The maximum atomic E-state index is 12.5. The molecule has 3 N–H and O–H groups in total. The number of rotatable bonds is 8. The molecule has 0 heterocycles. The highest BCUT2D eigenvalue weighted by molar-refractivity contribution is 7.88. The van der Waals surface area contributed by atoms with E-state index in [4.69, 9.17) is 0 Å². The molecule has 2 amide bonds. The summed E-state index contributed by atoms with van der Waals surface area (Å²) in [6.07, 6.45) is 1.89. The largest absolute Gasteiger partial charge is 0.339 e. The van der Waals surface area contributed by atoms with Crippen molar-refractivity contribution >= 4 is 21.8 Å². The number of benzene rings is 2. The van der Waals surface area contributed by atoms with E-state index in [2.05, 4.69) is 17.0 Å². The van der Waals surface area contributed by atoms with Crippen molar-refractivity contribution in [1.82, 2.24) is 15.1 Å². The van der Waals surface area contributed by atoms with Gasteiger partial charge >= 0.3 is 0 Å². The predicted molar refractivity (Wildman–Crippen MR) is 110 cm³/mol. The molecule has 2 rings (SSSR count). The highest BCUT2D eigenvalue weighted by Crippen LogP contribution is 2.20. The predicted octanol–water partition coefficient (Wildman–Crippen LogP) is 1.41.